The first-order valence-electron chi connectivity index (χ1n) is 4.49. The van der Waals surface area contributed by atoms with E-state index in [1.165, 1.54) is 0 Å². The lowest BCUT2D eigenvalue weighted by Gasteiger charge is -2.07. The molecule has 0 aliphatic rings. The third kappa shape index (κ3) is 2.49. The SMILES string of the molecule is CC(C)(C)C(=O)[P+](=O)c1ccccc1. The van der Waals surface area contributed by atoms with Gasteiger partial charge in [-0.25, -0.2) is 4.79 Å². The minimum atomic E-state index is -1.91. The molecular weight excluding hydrogens is 195 g/mol. The Balaban J connectivity index is 2.93. The standard InChI is InChI=1S/C11H14O2P/c1-11(2,3)10(12)14(13)9-7-5-4-6-8-9/h4-8H,1-3H3/q+1. The number of hydrogen-bond donors (Lipinski definition) is 0. The number of carbonyl (C=O) groups is 1. The Morgan fingerprint density at radius 3 is 2.07 bits per heavy atom. The van der Waals surface area contributed by atoms with Crippen LogP contribution in [0.4, 0.5) is 0 Å². The molecule has 0 aliphatic carbocycles. The Labute approximate surface area is 85.1 Å². The van der Waals surface area contributed by atoms with Crippen LogP contribution in [-0.4, -0.2) is 5.52 Å². The Morgan fingerprint density at radius 1 is 1.14 bits per heavy atom. The van der Waals surface area contributed by atoms with Crippen LogP contribution in [0.25, 0.3) is 0 Å². The minimum Gasteiger partial charge on any atom is -0.239 e. The van der Waals surface area contributed by atoms with Gasteiger partial charge in [0.05, 0.1) is 5.41 Å². The summed E-state index contributed by atoms with van der Waals surface area (Å²) in [6.45, 7) is 5.35. The van der Waals surface area contributed by atoms with E-state index >= 15 is 0 Å². The van der Waals surface area contributed by atoms with Gasteiger partial charge in [0.25, 0.3) is 0 Å². The van der Waals surface area contributed by atoms with Gasteiger partial charge < -0.3 is 0 Å². The van der Waals surface area contributed by atoms with E-state index in [0.29, 0.717) is 5.30 Å². The molecule has 74 valence electrons. The molecule has 0 aliphatic heterocycles. The maximum Gasteiger partial charge on any atom is 0.453 e. The van der Waals surface area contributed by atoms with Crippen LogP contribution >= 0.6 is 7.80 Å². The average Bonchev–Trinajstić information content (AvgIpc) is 2.15. The highest BCUT2D eigenvalue weighted by atomic mass is 31.1. The lowest BCUT2D eigenvalue weighted by molar-refractivity contribution is -0.118. The fourth-order valence-corrected chi connectivity index (χ4v) is 2.27. The van der Waals surface area contributed by atoms with E-state index < -0.39 is 13.2 Å². The summed E-state index contributed by atoms with van der Waals surface area (Å²) < 4.78 is 11.8. The quantitative estimate of drug-likeness (QED) is 0.702. The fourth-order valence-electron chi connectivity index (χ4n) is 0.985. The zero-order chi connectivity index (χ0) is 10.8. The van der Waals surface area contributed by atoms with E-state index in [1.54, 1.807) is 45.0 Å². The topological polar surface area (TPSA) is 34.1 Å². The van der Waals surface area contributed by atoms with Crippen molar-refractivity contribution in [2.75, 3.05) is 0 Å². The lowest BCUT2D eigenvalue weighted by atomic mass is 9.99. The van der Waals surface area contributed by atoms with Crippen molar-refractivity contribution in [2.24, 2.45) is 5.41 Å². The van der Waals surface area contributed by atoms with Gasteiger partial charge in [-0.05, 0) is 32.9 Å². The Hall–Kier alpha value is -1.01. The molecule has 0 saturated heterocycles. The van der Waals surface area contributed by atoms with Crippen molar-refractivity contribution in [3.05, 3.63) is 30.3 Å². The van der Waals surface area contributed by atoms with Gasteiger partial charge in [-0.15, -0.1) is 0 Å². The summed E-state index contributed by atoms with van der Waals surface area (Å²) in [5.74, 6) is 0. The van der Waals surface area contributed by atoms with Crippen molar-refractivity contribution < 1.29 is 9.36 Å². The monoisotopic (exact) mass is 209 g/mol. The minimum absolute atomic E-state index is 0.196. The summed E-state index contributed by atoms with van der Waals surface area (Å²) >= 11 is 0. The smallest absolute Gasteiger partial charge is 0.239 e. The molecule has 1 aromatic rings. The maximum absolute atomic E-state index is 11.8. The average molecular weight is 209 g/mol. The second-order valence-corrected chi connectivity index (χ2v) is 5.70. The first kappa shape index (κ1) is 11.1. The summed E-state index contributed by atoms with van der Waals surface area (Å²) in [5, 5.41) is 0.613. The lowest BCUT2D eigenvalue weighted by Crippen LogP contribution is -2.19. The molecule has 2 nitrogen and oxygen atoms in total. The van der Waals surface area contributed by atoms with E-state index in [1.807, 2.05) is 6.07 Å². The van der Waals surface area contributed by atoms with Crippen molar-refractivity contribution >= 4 is 18.6 Å². The highest BCUT2D eigenvalue weighted by Gasteiger charge is 2.40. The maximum atomic E-state index is 11.8. The highest BCUT2D eigenvalue weighted by molar-refractivity contribution is 7.70. The van der Waals surface area contributed by atoms with Crippen LogP contribution < -0.4 is 5.30 Å². The zero-order valence-corrected chi connectivity index (χ0v) is 9.54. The molecular formula is C11H14O2P+. The van der Waals surface area contributed by atoms with Gasteiger partial charge in [0.1, 0.15) is 0 Å². The largest absolute Gasteiger partial charge is 0.453 e. The second-order valence-electron chi connectivity index (χ2n) is 4.19. The molecule has 1 aromatic carbocycles. The van der Waals surface area contributed by atoms with E-state index in [4.69, 9.17) is 0 Å². The Morgan fingerprint density at radius 2 is 1.64 bits per heavy atom. The molecule has 0 N–H and O–H groups in total. The second kappa shape index (κ2) is 4.02. The molecule has 1 atom stereocenters. The molecule has 0 spiro atoms. The molecule has 1 rings (SSSR count). The van der Waals surface area contributed by atoms with Gasteiger partial charge in [0, 0.05) is 0 Å². The van der Waals surface area contributed by atoms with Crippen molar-refractivity contribution in [3.8, 4) is 0 Å². The Bertz CT molecular complexity index is 349. The number of benzene rings is 1. The van der Waals surface area contributed by atoms with Gasteiger partial charge in [-0.2, -0.15) is 0 Å². The molecule has 0 heterocycles. The molecule has 0 amide bonds. The van der Waals surface area contributed by atoms with E-state index in [0.717, 1.165) is 0 Å². The molecule has 0 fully saturated rings. The first-order valence-corrected chi connectivity index (χ1v) is 5.75. The zero-order valence-electron chi connectivity index (χ0n) is 8.65. The van der Waals surface area contributed by atoms with E-state index in [9.17, 15) is 9.36 Å². The number of carbonyl (C=O) groups excluding carboxylic acids is 1. The number of hydrogen-bond acceptors (Lipinski definition) is 2. The van der Waals surface area contributed by atoms with Crippen LogP contribution in [0.2, 0.25) is 0 Å². The van der Waals surface area contributed by atoms with Crippen molar-refractivity contribution in [3.63, 3.8) is 0 Å². The molecule has 14 heavy (non-hydrogen) atoms. The highest BCUT2D eigenvalue weighted by Crippen LogP contribution is 2.32. The van der Waals surface area contributed by atoms with Crippen LogP contribution in [0, 0.1) is 5.41 Å². The fraction of sp³-hybridized carbons (Fsp3) is 0.364. The molecule has 0 radical (unpaired) electrons. The molecule has 1 unspecified atom stereocenters. The van der Waals surface area contributed by atoms with Crippen molar-refractivity contribution in [1.82, 2.24) is 0 Å². The molecule has 0 aromatic heterocycles. The summed E-state index contributed by atoms with van der Waals surface area (Å²) in [5.41, 5.74) is -0.734. The van der Waals surface area contributed by atoms with Gasteiger partial charge >= 0.3 is 13.3 Å². The van der Waals surface area contributed by atoms with Crippen LogP contribution in [-0.2, 0) is 9.36 Å². The van der Waals surface area contributed by atoms with Crippen molar-refractivity contribution in [2.45, 2.75) is 20.8 Å². The van der Waals surface area contributed by atoms with Crippen LogP contribution in [0.5, 0.6) is 0 Å². The summed E-state index contributed by atoms with van der Waals surface area (Å²) in [7, 11) is -1.91. The number of rotatable bonds is 2. The van der Waals surface area contributed by atoms with Crippen LogP contribution in [0.1, 0.15) is 20.8 Å². The molecule has 3 heteroatoms. The predicted octanol–water partition coefficient (Wildman–Crippen LogP) is 2.71. The first-order chi connectivity index (χ1) is 6.43. The summed E-state index contributed by atoms with van der Waals surface area (Å²) in [6, 6.07) is 8.87. The van der Waals surface area contributed by atoms with Crippen LogP contribution in [0.3, 0.4) is 0 Å². The van der Waals surface area contributed by atoms with Gasteiger partial charge in [-0.1, -0.05) is 22.8 Å². The third-order valence-corrected chi connectivity index (χ3v) is 3.62. The van der Waals surface area contributed by atoms with Crippen molar-refractivity contribution in [1.29, 1.82) is 0 Å². The summed E-state index contributed by atoms with van der Waals surface area (Å²) in [4.78, 5) is 11.7. The molecule has 0 saturated carbocycles. The summed E-state index contributed by atoms with van der Waals surface area (Å²) in [6.07, 6.45) is 0. The predicted molar refractivity (Wildman–Crippen MR) is 58.1 cm³/mol. The third-order valence-electron chi connectivity index (χ3n) is 1.82. The van der Waals surface area contributed by atoms with Crippen LogP contribution in [0.15, 0.2) is 30.3 Å². The normalized spacial score (nSPS) is 12.4. The van der Waals surface area contributed by atoms with Gasteiger partial charge in [0.2, 0.25) is 0 Å². The van der Waals surface area contributed by atoms with E-state index in [-0.39, 0.29) is 5.52 Å². The van der Waals surface area contributed by atoms with Gasteiger partial charge in [-0.3, -0.25) is 0 Å². The Kier molecular flexibility index (Phi) is 3.17. The van der Waals surface area contributed by atoms with Gasteiger partial charge in [0.15, 0.2) is 5.30 Å². The van der Waals surface area contributed by atoms with E-state index in [2.05, 4.69) is 0 Å². The molecule has 0 bridgehead atoms.